The molecule has 0 fully saturated rings. The lowest BCUT2D eigenvalue weighted by molar-refractivity contribution is -1.000. The second-order valence-electron chi connectivity index (χ2n) is 7.69. The zero-order valence-electron chi connectivity index (χ0n) is 17.2. The lowest BCUT2D eigenvalue weighted by Gasteiger charge is -2.46. The zero-order valence-corrected chi connectivity index (χ0v) is 17.2. The molecule has 0 aromatic heterocycles. The number of benzene rings is 2. The van der Waals surface area contributed by atoms with E-state index in [1.54, 1.807) is 0 Å². The summed E-state index contributed by atoms with van der Waals surface area (Å²) in [4.78, 5) is 0. The lowest BCUT2D eigenvalue weighted by atomic mass is 9.94. The van der Waals surface area contributed by atoms with E-state index in [4.69, 9.17) is 9.47 Å². The first-order valence-electron chi connectivity index (χ1n) is 9.65. The molecule has 0 spiro atoms. The first kappa shape index (κ1) is 20.5. The summed E-state index contributed by atoms with van der Waals surface area (Å²) in [5.41, 5.74) is 2.40. The Labute approximate surface area is 159 Å². The van der Waals surface area contributed by atoms with Crippen molar-refractivity contribution in [2.45, 2.75) is 40.0 Å². The number of hydrogen-bond donors (Lipinski definition) is 0. The SMILES string of the molecule is CCOC(Oc1ccccc1)(c1ccccc1CC(C)C)[N+](C)(C)CC. The predicted molar refractivity (Wildman–Crippen MR) is 108 cm³/mol. The van der Waals surface area contributed by atoms with Gasteiger partial charge in [-0.1, -0.05) is 50.2 Å². The number of quaternary nitrogens is 1. The highest BCUT2D eigenvalue weighted by atomic mass is 16.7. The molecular weight excluding hydrogens is 322 g/mol. The smallest absolute Gasteiger partial charge is 0.390 e. The molecule has 0 aliphatic rings. The molecule has 3 heteroatoms. The van der Waals surface area contributed by atoms with Crippen LogP contribution in [0.15, 0.2) is 54.6 Å². The van der Waals surface area contributed by atoms with Gasteiger partial charge in [-0.2, -0.15) is 0 Å². The summed E-state index contributed by atoms with van der Waals surface area (Å²) in [6.45, 7) is 10.2. The quantitative estimate of drug-likeness (QED) is 0.454. The van der Waals surface area contributed by atoms with Crippen molar-refractivity contribution in [1.29, 1.82) is 0 Å². The maximum atomic E-state index is 6.66. The number of rotatable bonds is 9. The molecule has 2 rings (SSSR count). The molecule has 1 atom stereocenters. The van der Waals surface area contributed by atoms with Gasteiger partial charge in [0.2, 0.25) is 0 Å². The normalized spacial score (nSPS) is 14.3. The van der Waals surface area contributed by atoms with E-state index < -0.39 is 5.91 Å². The summed E-state index contributed by atoms with van der Waals surface area (Å²) in [5, 5.41) is 0. The van der Waals surface area contributed by atoms with Crippen LogP contribution >= 0.6 is 0 Å². The molecule has 26 heavy (non-hydrogen) atoms. The average molecular weight is 357 g/mol. The van der Waals surface area contributed by atoms with Gasteiger partial charge in [0.05, 0.1) is 32.8 Å². The van der Waals surface area contributed by atoms with Crippen molar-refractivity contribution >= 4 is 0 Å². The van der Waals surface area contributed by atoms with Crippen LogP contribution in [0.5, 0.6) is 5.75 Å². The van der Waals surface area contributed by atoms with Gasteiger partial charge in [0.1, 0.15) is 5.75 Å². The van der Waals surface area contributed by atoms with Gasteiger partial charge in [-0.3, -0.25) is 9.22 Å². The number of nitrogens with zero attached hydrogens (tertiary/aromatic N) is 1. The molecule has 0 aliphatic carbocycles. The van der Waals surface area contributed by atoms with Crippen molar-refractivity contribution in [3.8, 4) is 5.75 Å². The van der Waals surface area contributed by atoms with Gasteiger partial charge in [-0.25, -0.2) is 0 Å². The molecule has 0 N–H and O–H groups in total. The first-order valence-corrected chi connectivity index (χ1v) is 9.65. The Bertz CT molecular complexity index is 682. The number of para-hydroxylation sites is 1. The second kappa shape index (κ2) is 8.70. The monoisotopic (exact) mass is 356 g/mol. The molecule has 0 saturated carbocycles. The molecule has 0 heterocycles. The number of ether oxygens (including phenoxy) is 2. The minimum Gasteiger partial charge on any atom is -0.413 e. The Morgan fingerprint density at radius 3 is 2.12 bits per heavy atom. The van der Waals surface area contributed by atoms with Crippen LogP contribution in [-0.4, -0.2) is 31.7 Å². The van der Waals surface area contributed by atoms with Crippen molar-refractivity contribution in [1.82, 2.24) is 0 Å². The lowest BCUT2D eigenvalue weighted by Crippen LogP contribution is -2.62. The fourth-order valence-electron chi connectivity index (χ4n) is 3.28. The Balaban J connectivity index is 2.66. The van der Waals surface area contributed by atoms with E-state index in [-0.39, 0.29) is 0 Å². The Hall–Kier alpha value is -1.84. The van der Waals surface area contributed by atoms with Crippen LogP contribution in [0.3, 0.4) is 0 Å². The predicted octanol–water partition coefficient (Wildman–Crippen LogP) is 5.21. The van der Waals surface area contributed by atoms with E-state index in [9.17, 15) is 0 Å². The summed E-state index contributed by atoms with van der Waals surface area (Å²) in [5.74, 6) is 0.487. The van der Waals surface area contributed by atoms with Crippen molar-refractivity contribution in [2.75, 3.05) is 27.2 Å². The molecule has 0 amide bonds. The average Bonchev–Trinajstić information content (AvgIpc) is 2.62. The molecule has 0 saturated heterocycles. The summed E-state index contributed by atoms with van der Waals surface area (Å²) in [6.07, 6.45) is 0.993. The van der Waals surface area contributed by atoms with E-state index in [1.807, 2.05) is 37.3 Å². The third-order valence-electron chi connectivity index (χ3n) is 4.91. The van der Waals surface area contributed by atoms with Gasteiger partial charge in [-0.05, 0) is 49.9 Å². The minimum atomic E-state index is -0.893. The first-order chi connectivity index (χ1) is 12.4. The molecular formula is C23H34NO2+. The highest BCUT2D eigenvalue weighted by molar-refractivity contribution is 5.32. The molecule has 0 aliphatic heterocycles. The van der Waals surface area contributed by atoms with Crippen molar-refractivity contribution < 1.29 is 14.0 Å². The van der Waals surface area contributed by atoms with E-state index in [0.717, 1.165) is 24.3 Å². The maximum absolute atomic E-state index is 6.66. The number of hydrogen-bond acceptors (Lipinski definition) is 2. The van der Waals surface area contributed by atoms with Gasteiger partial charge < -0.3 is 4.74 Å². The highest BCUT2D eigenvalue weighted by Crippen LogP contribution is 2.39. The minimum absolute atomic E-state index is 0.560. The van der Waals surface area contributed by atoms with Crippen LogP contribution in [-0.2, 0) is 17.1 Å². The molecule has 0 bridgehead atoms. The molecule has 1 unspecified atom stereocenters. The van der Waals surface area contributed by atoms with Crippen LogP contribution < -0.4 is 4.74 Å². The molecule has 142 valence electrons. The van der Waals surface area contributed by atoms with Gasteiger partial charge in [0.25, 0.3) is 0 Å². The van der Waals surface area contributed by atoms with E-state index in [2.05, 4.69) is 59.1 Å². The second-order valence-corrected chi connectivity index (χ2v) is 7.69. The van der Waals surface area contributed by atoms with Crippen LogP contribution in [0.4, 0.5) is 0 Å². The molecule has 0 radical (unpaired) electrons. The van der Waals surface area contributed by atoms with E-state index >= 15 is 0 Å². The van der Waals surface area contributed by atoms with Gasteiger partial charge in [-0.15, -0.1) is 0 Å². The van der Waals surface area contributed by atoms with Gasteiger partial charge >= 0.3 is 5.91 Å². The Kier molecular flexibility index (Phi) is 6.85. The summed E-state index contributed by atoms with van der Waals surface area (Å²) >= 11 is 0. The van der Waals surface area contributed by atoms with E-state index in [1.165, 1.54) is 5.56 Å². The molecule has 2 aromatic rings. The fourth-order valence-corrected chi connectivity index (χ4v) is 3.28. The summed E-state index contributed by atoms with van der Waals surface area (Å²) in [6, 6.07) is 18.5. The van der Waals surface area contributed by atoms with Crippen LogP contribution in [0.1, 0.15) is 38.8 Å². The fraction of sp³-hybridized carbons (Fsp3) is 0.478. The van der Waals surface area contributed by atoms with E-state index in [0.29, 0.717) is 17.0 Å². The molecule has 3 nitrogen and oxygen atoms in total. The summed E-state index contributed by atoms with van der Waals surface area (Å²) < 4.78 is 13.7. The van der Waals surface area contributed by atoms with Gasteiger partial charge in [0, 0.05) is 0 Å². The Morgan fingerprint density at radius 1 is 0.923 bits per heavy atom. The topological polar surface area (TPSA) is 18.5 Å². The van der Waals surface area contributed by atoms with Crippen molar-refractivity contribution in [3.63, 3.8) is 0 Å². The largest absolute Gasteiger partial charge is 0.413 e. The summed E-state index contributed by atoms with van der Waals surface area (Å²) in [7, 11) is 4.34. The molecule has 2 aromatic carbocycles. The third kappa shape index (κ3) is 4.28. The van der Waals surface area contributed by atoms with Crippen LogP contribution in [0.25, 0.3) is 0 Å². The van der Waals surface area contributed by atoms with Gasteiger partial charge in [0.15, 0.2) is 0 Å². The zero-order chi connectivity index (χ0) is 19.2. The van der Waals surface area contributed by atoms with Crippen LogP contribution in [0, 0.1) is 5.92 Å². The van der Waals surface area contributed by atoms with Crippen LogP contribution in [0.2, 0.25) is 0 Å². The van der Waals surface area contributed by atoms with Crippen molar-refractivity contribution in [3.05, 3.63) is 65.7 Å². The highest BCUT2D eigenvalue weighted by Gasteiger charge is 2.52. The maximum Gasteiger partial charge on any atom is 0.390 e. The Morgan fingerprint density at radius 2 is 1.54 bits per heavy atom. The third-order valence-corrected chi connectivity index (χ3v) is 4.91. The standard InChI is InChI=1S/C23H34NO2/c1-7-24(5,6)23(25-8-2,26-21-15-10-9-11-16-21)22-17-13-12-14-20(22)18-19(3)4/h9-17,19H,7-8,18H2,1-6H3/q+1. The van der Waals surface area contributed by atoms with Crippen molar-refractivity contribution in [2.24, 2.45) is 5.92 Å².